The van der Waals surface area contributed by atoms with E-state index in [0.29, 0.717) is 11.3 Å². The highest BCUT2D eigenvalue weighted by Gasteiger charge is 2.17. The van der Waals surface area contributed by atoms with Gasteiger partial charge in [0.15, 0.2) is 5.78 Å². The Bertz CT molecular complexity index is 877. The van der Waals surface area contributed by atoms with Crippen LogP contribution in [0.3, 0.4) is 0 Å². The second-order valence-corrected chi connectivity index (χ2v) is 6.81. The molecule has 132 valence electrons. The van der Waals surface area contributed by atoms with E-state index < -0.39 is 0 Å². The Hall–Kier alpha value is -2.53. The van der Waals surface area contributed by atoms with Gasteiger partial charge in [0.25, 0.3) is 0 Å². The van der Waals surface area contributed by atoms with Gasteiger partial charge in [0.1, 0.15) is 11.6 Å². The first-order chi connectivity index (χ1) is 12.5. The van der Waals surface area contributed by atoms with E-state index in [1.54, 1.807) is 12.1 Å². The number of anilines is 1. The minimum Gasteiger partial charge on any atom is -0.378 e. The summed E-state index contributed by atoms with van der Waals surface area (Å²) in [5.74, 6) is -0.805. The molecule has 0 saturated carbocycles. The van der Waals surface area contributed by atoms with Gasteiger partial charge in [-0.2, -0.15) is 0 Å². The van der Waals surface area contributed by atoms with E-state index in [-0.39, 0.29) is 29.9 Å². The molecule has 0 bridgehead atoms. The lowest BCUT2D eigenvalue weighted by Gasteiger charge is -2.20. The van der Waals surface area contributed by atoms with Gasteiger partial charge in [-0.15, -0.1) is 0 Å². The average Bonchev–Trinajstić information content (AvgIpc) is 2.64. The third kappa shape index (κ3) is 4.76. The highest BCUT2D eigenvalue weighted by Crippen LogP contribution is 2.26. The molecule has 5 heteroatoms. The number of carbonyl (C=O) groups excluding carboxylic acids is 1. The lowest BCUT2D eigenvalue weighted by atomic mass is 9.97. The topological polar surface area (TPSA) is 29.1 Å². The number of halogens is 3. The van der Waals surface area contributed by atoms with Gasteiger partial charge < -0.3 is 5.32 Å². The first kappa shape index (κ1) is 18.3. The predicted octanol–water partition coefficient (Wildman–Crippen LogP) is 6.15. The van der Waals surface area contributed by atoms with Gasteiger partial charge in [0.05, 0.1) is 6.04 Å². The molecule has 0 heterocycles. The second kappa shape index (κ2) is 8.23. The number of Topliss-reactive ketones (excluding diaryl/α,β-unsaturated/α-hetero) is 1. The van der Waals surface area contributed by atoms with E-state index in [2.05, 4.69) is 21.2 Å². The zero-order valence-electron chi connectivity index (χ0n) is 13.8. The molecular formula is C21H16BrF2NO. The summed E-state index contributed by atoms with van der Waals surface area (Å²) in [5, 5.41) is 3.28. The Morgan fingerprint density at radius 2 is 1.38 bits per heavy atom. The Morgan fingerprint density at radius 1 is 0.846 bits per heavy atom. The minimum absolute atomic E-state index is 0.104. The van der Waals surface area contributed by atoms with Gasteiger partial charge in [-0.3, -0.25) is 4.79 Å². The molecule has 2 nitrogen and oxygen atoms in total. The van der Waals surface area contributed by atoms with Crippen molar-refractivity contribution in [3.05, 3.63) is 100 Å². The number of hydrogen-bond acceptors (Lipinski definition) is 2. The summed E-state index contributed by atoms with van der Waals surface area (Å²) in [6, 6.07) is 18.8. The third-order valence-electron chi connectivity index (χ3n) is 4.01. The summed E-state index contributed by atoms with van der Waals surface area (Å²) in [7, 11) is 0. The number of benzene rings is 3. The maximum absolute atomic E-state index is 13.1. The molecule has 0 amide bonds. The SMILES string of the molecule is O=C(CC(Nc1ccc(F)cc1)c1ccc(Br)cc1)c1ccc(F)cc1. The van der Waals surface area contributed by atoms with Crippen LogP contribution in [0.4, 0.5) is 14.5 Å². The summed E-state index contributed by atoms with van der Waals surface area (Å²) >= 11 is 3.40. The molecule has 0 saturated heterocycles. The summed E-state index contributed by atoms with van der Waals surface area (Å²) in [6.07, 6.45) is 0.185. The van der Waals surface area contributed by atoms with Gasteiger partial charge in [-0.1, -0.05) is 28.1 Å². The van der Waals surface area contributed by atoms with Crippen molar-refractivity contribution in [1.82, 2.24) is 0 Å². The van der Waals surface area contributed by atoms with Crippen LogP contribution in [0.5, 0.6) is 0 Å². The fraction of sp³-hybridized carbons (Fsp3) is 0.0952. The molecule has 0 aromatic heterocycles. The molecule has 0 aliphatic heterocycles. The average molecular weight is 416 g/mol. The summed E-state index contributed by atoms with van der Waals surface area (Å²) < 4.78 is 27.2. The molecule has 3 rings (SSSR count). The largest absolute Gasteiger partial charge is 0.378 e. The molecule has 26 heavy (non-hydrogen) atoms. The van der Waals surface area contributed by atoms with E-state index >= 15 is 0 Å². The van der Waals surface area contributed by atoms with Crippen LogP contribution in [0, 0.1) is 11.6 Å². The fourth-order valence-electron chi connectivity index (χ4n) is 2.63. The number of nitrogens with one attached hydrogen (secondary N) is 1. The van der Waals surface area contributed by atoms with Crippen molar-refractivity contribution in [3.63, 3.8) is 0 Å². The molecule has 1 unspecified atom stereocenters. The lowest BCUT2D eigenvalue weighted by molar-refractivity contribution is 0.0976. The van der Waals surface area contributed by atoms with Crippen LogP contribution in [0.15, 0.2) is 77.3 Å². The van der Waals surface area contributed by atoms with Crippen LogP contribution in [-0.4, -0.2) is 5.78 Å². The quantitative estimate of drug-likeness (QED) is 0.488. The van der Waals surface area contributed by atoms with E-state index in [4.69, 9.17) is 0 Å². The summed E-state index contributed by atoms with van der Waals surface area (Å²) in [5.41, 5.74) is 2.09. The van der Waals surface area contributed by atoms with E-state index in [0.717, 1.165) is 10.0 Å². The molecule has 0 radical (unpaired) electrons. The first-order valence-electron chi connectivity index (χ1n) is 8.07. The Kier molecular flexibility index (Phi) is 5.78. The van der Waals surface area contributed by atoms with Crippen LogP contribution in [0.1, 0.15) is 28.4 Å². The van der Waals surface area contributed by atoms with Gasteiger partial charge in [-0.05, 0) is 66.2 Å². The van der Waals surface area contributed by atoms with Crippen LogP contribution in [0.2, 0.25) is 0 Å². The highest BCUT2D eigenvalue weighted by atomic mass is 79.9. The molecule has 0 aliphatic rings. The Labute approximate surface area is 159 Å². The van der Waals surface area contributed by atoms with Crippen LogP contribution < -0.4 is 5.32 Å². The van der Waals surface area contributed by atoms with Crippen LogP contribution in [0.25, 0.3) is 0 Å². The monoisotopic (exact) mass is 415 g/mol. The molecule has 0 spiro atoms. The third-order valence-corrected chi connectivity index (χ3v) is 4.54. The number of carbonyl (C=O) groups is 1. The van der Waals surface area contributed by atoms with Gasteiger partial charge in [0.2, 0.25) is 0 Å². The van der Waals surface area contributed by atoms with Crippen molar-refractivity contribution in [2.24, 2.45) is 0 Å². The molecule has 3 aromatic carbocycles. The van der Waals surface area contributed by atoms with Crippen molar-refractivity contribution in [1.29, 1.82) is 0 Å². The number of rotatable bonds is 6. The maximum atomic E-state index is 13.1. The Morgan fingerprint density at radius 3 is 1.96 bits per heavy atom. The second-order valence-electron chi connectivity index (χ2n) is 5.89. The van der Waals surface area contributed by atoms with Gasteiger partial charge in [-0.25, -0.2) is 8.78 Å². The molecule has 0 fully saturated rings. The van der Waals surface area contributed by atoms with E-state index in [9.17, 15) is 13.6 Å². The van der Waals surface area contributed by atoms with Crippen LogP contribution in [-0.2, 0) is 0 Å². The summed E-state index contributed by atoms with van der Waals surface area (Å²) in [4.78, 5) is 12.6. The minimum atomic E-state index is -0.379. The summed E-state index contributed by atoms with van der Waals surface area (Å²) in [6.45, 7) is 0. The van der Waals surface area contributed by atoms with E-state index in [1.165, 1.54) is 36.4 Å². The molecular weight excluding hydrogens is 400 g/mol. The van der Waals surface area contributed by atoms with E-state index in [1.807, 2.05) is 24.3 Å². The first-order valence-corrected chi connectivity index (χ1v) is 8.87. The number of ketones is 1. The lowest BCUT2D eigenvalue weighted by Crippen LogP contribution is -2.16. The number of hydrogen-bond donors (Lipinski definition) is 1. The highest BCUT2D eigenvalue weighted by molar-refractivity contribution is 9.10. The van der Waals surface area contributed by atoms with Gasteiger partial charge in [0, 0.05) is 22.1 Å². The zero-order valence-corrected chi connectivity index (χ0v) is 15.3. The fourth-order valence-corrected chi connectivity index (χ4v) is 2.90. The standard InChI is InChI=1S/C21H16BrF2NO/c22-16-5-1-14(2-6-16)20(25-19-11-9-18(24)10-12-19)13-21(26)15-3-7-17(23)8-4-15/h1-12,20,25H,13H2. The molecule has 1 N–H and O–H groups in total. The van der Waals surface area contributed by atoms with Crippen molar-refractivity contribution < 1.29 is 13.6 Å². The maximum Gasteiger partial charge on any atom is 0.165 e. The Balaban J connectivity index is 1.84. The van der Waals surface area contributed by atoms with Gasteiger partial charge >= 0.3 is 0 Å². The molecule has 3 aromatic rings. The normalized spacial score (nSPS) is 11.8. The van der Waals surface area contributed by atoms with Crippen molar-refractivity contribution in [2.75, 3.05) is 5.32 Å². The van der Waals surface area contributed by atoms with Crippen molar-refractivity contribution in [2.45, 2.75) is 12.5 Å². The smallest absolute Gasteiger partial charge is 0.165 e. The zero-order chi connectivity index (χ0) is 18.5. The van der Waals surface area contributed by atoms with Crippen molar-refractivity contribution >= 4 is 27.4 Å². The molecule has 1 atom stereocenters. The van der Waals surface area contributed by atoms with Crippen LogP contribution >= 0.6 is 15.9 Å². The molecule has 0 aliphatic carbocycles. The van der Waals surface area contributed by atoms with Crippen molar-refractivity contribution in [3.8, 4) is 0 Å². The predicted molar refractivity (Wildman–Crippen MR) is 102 cm³/mol.